The van der Waals surface area contributed by atoms with Crippen LogP contribution in [-0.4, -0.2) is 14.5 Å². The second kappa shape index (κ2) is 4.80. The third-order valence-electron chi connectivity index (χ3n) is 3.64. The molecule has 0 amide bonds. The van der Waals surface area contributed by atoms with Gasteiger partial charge < -0.3 is 9.88 Å². The van der Waals surface area contributed by atoms with E-state index in [0.717, 1.165) is 17.3 Å². The van der Waals surface area contributed by atoms with Crippen molar-refractivity contribution in [3.63, 3.8) is 0 Å². The molecule has 0 atom stereocenters. The van der Waals surface area contributed by atoms with Crippen LogP contribution in [0.4, 0.5) is 11.6 Å². The smallest absolute Gasteiger partial charge is 0.207 e. The number of hydrogen-bond donors (Lipinski definition) is 1. The lowest BCUT2D eigenvalue weighted by atomic mass is 10.2. The quantitative estimate of drug-likeness (QED) is 0.896. The summed E-state index contributed by atoms with van der Waals surface area (Å²) in [6, 6.07) is 4.58. The maximum atomic E-state index is 4.42. The summed E-state index contributed by atoms with van der Waals surface area (Å²) in [5.41, 5.74) is 2.03. The van der Waals surface area contributed by atoms with Gasteiger partial charge in [0.05, 0.1) is 11.4 Å². The predicted octanol–water partition coefficient (Wildman–Crippen LogP) is 3.45. The second-order valence-corrected chi connectivity index (χ2v) is 4.86. The Labute approximate surface area is 107 Å². The van der Waals surface area contributed by atoms with Crippen molar-refractivity contribution in [1.29, 1.82) is 0 Å². The van der Waals surface area contributed by atoms with Crippen LogP contribution < -0.4 is 5.32 Å². The van der Waals surface area contributed by atoms with Crippen LogP contribution in [0.15, 0.2) is 30.7 Å². The topological polar surface area (TPSA) is 42.7 Å². The lowest BCUT2D eigenvalue weighted by Gasteiger charge is -2.16. The van der Waals surface area contributed by atoms with E-state index in [4.69, 9.17) is 0 Å². The number of imidazole rings is 1. The summed E-state index contributed by atoms with van der Waals surface area (Å²) in [4.78, 5) is 8.71. The van der Waals surface area contributed by atoms with E-state index >= 15 is 0 Å². The van der Waals surface area contributed by atoms with Crippen LogP contribution in [0.5, 0.6) is 0 Å². The molecule has 2 heterocycles. The van der Waals surface area contributed by atoms with Gasteiger partial charge in [0, 0.05) is 24.6 Å². The van der Waals surface area contributed by atoms with Crippen LogP contribution in [0.2, 0.25) is 0 Å². The highest BCUT2D eigenvalue weighted by molar-refractivity contribution is 5.56. The molecule has 1 aliphatic rings. The molecule has 3 rings (SSSR count). The first kappa shape index (κ1) is 11.3. The predicted molar refractivity (Wildman–Crippen MR) is 72.0 cm³/mol. The molecule has 4 nitrogen and oxygen atoms in total. The Morgan fingerprint density at radius 1 is 1.22 bits per heavy atom. The van der Waals surface area contributed by atoms with Crippen molar-refractivity contribution < 1.29 is 0 Å². The summed E-state index contributed by atoms with van der Waals surface area (Å²) in [6.07, 6.45) is 10.9. The number of pyridine rings is 1. The lowest BCUT2D eigenvalue weighted by molar-refractivity contribution is 0.525. The molecular formula is C14H18N4. The van der Waals surface area contributed by atoms with E-state index < -0.39 is 0 Å². The minimum Gasteiger partial charge on any atom is -0.324 e. The molecule has 18 heavy (non-hydrogen) atoms. The number of aryl methyl sites for hydroxylation is 1. The zero-order valence-electron chi connectivity index (χ0n) is 10.6. The first-order chi connectivity index (χ1) is 8.84. The lowest BCUT2D eigenvalue weighted by Crippen LogP contribution is -2.08. The number of anilines is 2. The zero-order chi connectivity index (χ0) is 12.4. The molecular weight excluding hydrogens is 224 g/mol. The minimum absolute atomic E-state index is 0.604. The summed E-state index contributed by atoms with van der Waals surface area (Å²) in [5.74, 6) is 0.929. The second-order valence-electron chi connectivity index (χ2n) is 4.86. The standard InChI is InChI=1S/C14H18N4/c1-11-13(7-4-8-15-11)17-14-16-9-10-18(14)12-5-2-3-6-12/h4,7-10,12H,2-3,5-6H2,1H3,(H,16,17). The first-order valence-electron chi connectivity index (χ1n) is 6.56. The van der Waals surface area contributed by atoms with Gasteiger partial charge in [0.25, 0.3) is 0 Å². The molecule has 1 fully saturated rings. The van der Waals surface area contributed by atoms with E-state index in [2.05, 4.69) is 26.0 Å². The Kier molecular flexibility index (Phi) is 3.00. The van der Waals surface area contributed by atoms with E-state index in [1.807, 2.05) is 31.5 Å². The molecule has 4 heteroatoms. The maximum absolute atomic E-state index is 4.42. The summed E-state index contributed by atoms with van der Waals surface area (Å²) >= 11 is 0. The SMILES string of the molecule is Cc1ncccc1Nc1nccn1C1CCCC1. The van der Waals surface area contributed by atoms with Crippen LogP contribution >= 0.6 is 0 Å². The van der Waals surface area contributed by atoms with Crippen molar-refractivity contribution in [2.24, 2.45) is 0 Å². The molecule has 1 saturated carbocycles. The third kappa shape index (κ3) is 2.10. The largest absolute Gasteiger partial charge is 0.324 e. The Morgan fingerprint density at radius 3 is 2.83 bits per heavy atom. The van der Waals surface area contributed by atoms with Gasteiger partial charge in [-0.05, 0) is 31.9 Å². The Hall–Kier alpha value is -1.84. The normalized spacial score (nSPS) is 16.1. The number of hydrogen-bond acceptors (Lipinski definition) is 3. The van der Waals surface area contributed by atoms with Crippen molar-refractivity contribution >= 4 is 11.6 Å². The minimum atomic E-state index is 0.604. The fraction of sp³-hybridized carbons (Fsp3) is 0.429. The van der Waals surface area contributed by atoms with Crippen LogP contribution in [0, 0.1) is 6.92 Å². The Morgan fingerprint density at radius 2 is 2.06 bits per heavy atom. The van der Waals surface area contributed by atoms with E-state index in [1.54, 1.807) is 0 Å². The molecule has 2 aromatic rings. The zero-order valence-corrected chi connectivity index (χ0v) is 10.6. The average Bonchev–Trinajstić information content (AvgIpc) is 3.02. The molecule has 94 valence electrons. The molecule has 0 aliphatic heterocycles. The summed E-state index contributed by atoms with van der Waals surface area (Å²) in [6.45, 7) is 2.01. The van der Waals surface area contributed by atoms with Gasteiger partial charge in [0.2, 0.25) is 5.95 Å². The van der Waals surface area contributed by atoms with Gasteiger partial charge in [-0.15, -0.1) is 0 Å². The third-order valence-corrected chi connectivity index (χ3v) is 3.64. The molecule has 0 spiro atoms. The molecule has 0 aromatic carbocycles. The number of nitrogens with zero attached hydrogens (tertiary/aromatic N) is 3. The molecule has 2 aromatic heterocycles. The highest BCUT2D eigenvalue weighted by atomic mass is 15.2. The molecule has 0 saturated heterocycles. The fourth-order valence-electron chi connectivity index (χ4n) is 2.62. The van der Waals surface area contributed by atoms with Gasteiger partial charge in [-0.1, -0.05) is 12.8 Å². The first-order valence-corrected chi connectivity index (χ1v) is 6.56. The van der Waals surface area contributed by atoms with Gasteiger partial charge in [-0.2, -0.15) is 0 Å². The van der Waals surface area contributed by atoms with Crippen molar-refractivity contribution in [1.82, 2.24) is 14.5 Å². The van der Waals surface area contributed by atoms with Crippen molar-refractivity contribution in [2.75, 3.05) is 5.32 Å². The van der Waals surface area contributed by atoms with Gasteiger partial charge in [0.15, 0.2) is 0 Å². The maximum Gasteiger partial charge on any atom is 0.207 e. The Bertz CT molecular complexity index is 526. The van der Waals surface area contributed by atoms with Crippen LogP contribution in [0.1, 0.15) is 37.4 Å². The number of nitrogens with one attached hydrogen (secondary N) is 1. The summed E-state index contributed by atoms with van der Waals surface area (Å²) < 4.78 is 2.26. The highest BCUT2D eigenvalue weighted by Crippen LogP contribution is 2.32. The molecule has 1 aliphatic carbocycles. The molecule has 0 unspecified atom stereocenters. The van der Waals surface area contributed by atoms with Gasteiger partial charge in [0.1, 0.15) is 0 Å². The van der Waals surface area contributed by atoms with Crippen molar-refractivity contribution in [3.05, 3.63) is 36.4 Å². The van der Waals surface area contributed by atoms with Crippen LogP contribution in [0.3, 0.4) is 0 Å². The average molecular weight is 242 g/mol. The van der Waals surface area contributed by atoms with Crippen LogP contribution in [-0.2, 0) is 0 Å². The molecule has 0 bridgehead atoms. The highest BCUT2D eigenvalue weighted by Gasteiger charge is 2.19. The van der Waals surface area contributed by atoms with Gasteiger partial charge in [-0.25, -0.2) is 4.98 Å². The van der Waals surface area contributed by atoms with E-state index in [9.17, 15) is 0 Å². The van der Waals surface area contributed by atoms with E-state index in [1.165, 1.54) is 25.7 Å². The number of aromatic nitrogens is 3. The van der Waals surface area contributed by atoms with Gasteiger partial charge >= 0.3 is 0 Å². The molecule has 1 N–H and O–H groups in total. The van der Waals surface area contributed by atoms with Gasteiger partial charge in [-0.3, -0.25) is 4.98 Å². The van der Waals surface area contributed by atoms with Crippen molar-refractivity contribution in [3.8, 4) is 0 Å². The van der Waals surface area contributed by atoms with E-state index in [0.29, 0.717) is 6.04 Å². The summed E-state index contributed by atoms with van der Waals surface area (Å²) in [5, 5.41) is 3.39. The Balaban J connectivity index is 1.85. The van der Waals surface area contributed by atoms with E-state index in [-0.39, 0.29) is 0 Å². The van der Waals surface area contributed by atoms with Crippen molar-refractivity contribution in [2.45, 2.75) is 38.6 Å². The number of rotatable bonds is 3. The fourth-order valence-corrected chi connectivity index (χ4v) is 2.62. The molecule has 0 radical (unpaired) electrons. The van der Waals surface area contributed by atoms with Crippen LogP contribution in [0.25, 0.3) is 0 Å². The monoisotopic (exact) mass is 242 g/mol. The summed E-state index contributed by atoms with van der Waals surface area (Å²) in [7, 11) is 0.